The van der Waals surface area contributed by atoms with Gasteiger partial charge in [0.05, 0.1) is 10.9 Å². The lowest BCUT2D eigenvalue weighted by molar-refractivity contribution is 0.299. The lowest BCUT2D eigenvalue weighted by atomic mass is 10.1. The summed E-state index contributed by atoms with van der Waals surface area (Å²) in [6, 6.07) is 3.86. The van der Waals surface area contributed by atoms with Crippen LogP contribution in [-0.4, -0.2) is 39.8 Å². The number of H-pyrrole nitrogens is 1. The van der Waals surface area contributed by atoms with E-state index in [-0.39, 0.29) is 5.75 Å². The van der Waals surface area contributed by atoms with Crippen LogP contribution >= 0.6 is 0 Å². The van der Waals surface area contributed by atoms with Crippen LogP contribution in [0.4, 0.5) is 5.82 Å². The molecule has 0 saturated heterocycles. The van der Waals surface area contributed by atoms with E-state index in [1.165, 1.54) is 0 Å². The average Bonchev–Trinajstić information content (AvgIpc) is 2.79. The summed E-state index contributed by atoms with van der Waals surface area (Å²) in [6.45, 7) is 7.51. The number of nitrogens with two attached hydrogens (primary N) is 1. The normalized spacial score (nSPS) is 11.5. The van der Waals surface area contributed by atoms with Crippen LogP contribution in [0.25, 0.3) is 10.9 Å². The van der Waals surface area contributed by atoms with Gasteiger partial charge in [-0.25, -0.2) is 0 Å². The maximum absolute atomic E-state index is 10.2. The van der Waals surface area contributed by atoms with Gasteiger partial charge in [-0.1, -0.05) is 19.9 Å². The first-order valence-electron chi connectivity index (χ1n) is 6.84. The number of nitrogens with one attached hydrogen (secondary N) is 1. The Morgan fingerprint density at radius 3 is 2.74 bits per heavy atom. The van der Waals surface area contributed by atoms with Gasteiger partial charge in [-0.15, -0.1) is 0 Å². The van der Waals surface area contributed by atoms with Crippen molar-refractivity contribution in [3.8, 4) is 5.75 Å². The minimum atomic E-state index is 0.267. The number of anilines is 1. The van der Waals surface area contributed by atoms with Crippen LogP contribution in [0.1, 0.15) is 25.8 Å². The largest absolute Gasteiger partial charge is 0.507 e. The zero-order chi connectivity index (χ0) is 13.8. The van der Waals surface area contributed by atoms with E-state index in [9.17, 15) is 5.11 Å². The van der Waals surface area contributed by atoms with E-state index >= 15 is 0 Å². The van der Waals surface area contributed by atoms with Gasteiger partial charge in [0.25, 0.3) is 0 Å². The summed E-state index contributed by atoms with van der Waals surface area (Å²) < 4.78 is 0. The molecular weight excluding hydrogens is 240 g/mol. The van der Waals surface area contributed by atoms with E-state index in [0.717, 1.165) is 43.6 Å². The van der Waals surface area contributed by atoms with Crippen molar-refractivity contribution in [2.45, 2.75) is 26.7 Å². The van der Waals surface area contributed by atoms with Crippen molar-refractivity contribution in [3.05, 3.63) is 17.7 Å². The van der Waals surface area contributed by atoms with Crippen molar-refractivity contribution in [3.63, 3.8) is 0 Å². The Bertz CT molecular complexity index is 546. The molecule has 0 saturated carbocycles. The van der Waals surface area contributed by atoms with Crippen molar-refractivity contribution in [2.75, 3.05) is 25.4 Å². The highest BCUT2D eigenvalue weighted by Crippen LogP contribution is 2.32. The minimum absolute atomic E-state index is 0.267. The molecular formula is C14H22N4O. The topological polar surface area (TPSA) is 78.2 Å². The van der Waals surface area contributed by atoms with Crippen molar-refractivity contribution in [2.24, 2.45) is 0 Å². The predicted octanol–water partition coefficient (Wildman–Crippen LogP) is 2.13. The molecule has 0 atom stereocenters. The highest BCUT2D eigenvalue weighted by molar-refractivity contribution is 5.94. The number of phenolic OH excluding ortho intramolecular Hbond substituents is 1. The first-order valence-corrected chi connectivity index (χ1v) is 6.84. The number of hydrogen-bond donors (Lipinski definition) is 3. The zero-order valence-electron chi connectivity index (χ0n) is 11.6. The van der Waals surface area contributed by atoms with Gasteiger partial charge in [0.2, 0.25) is 0 Å². The molecule has 0 fully saturated rings. The van der Waals surface area contributed by atoms with Gasteiger partial charge in [0.1, 0.15) is 5.75 Å². The first kappa shape index (κ1) is 13.7. The number of rotatable bonds is 6. The summed E-state index contributed by atoms with van der Waals surface area (Å²) in [5.41, 5.74) is 7.47. The number of aromatic amines is 1. The molecule has 1 aromatic heterocycles. The Morgan fingerprint density at radius 1 is 1.32 bits per heavy atom. The molecule has 19 heavy (non-hydrogen) atoms. The third-order valence-electron chi connectivity index (χ3n) is 3.63. The molecule has 0 bridgehead atoms. The molecule has 0 aliphatic heterocycles. The molecule has 0 unspecified atom stereocenters. The number of fused-ring (bicyclic) bond motifs is 1. The van der Waals surface area contributed by atoms with Crippen molar-refractivity contribution in [1.29, 1.82) is 0 Å². The van der Waals surface area contributed by atoms with Gasteiger partial charge in [-0.3, -0.25) is 5.10 Å². The highest BCUT2D eigenvalue weighted by atomic mass is 16.3. The zero-order valence-corrected chi connectivity index (χ0v) is 11.6. The molecule has 1 heterocycles. The smallest absolute Gasteiger partial charge is 0.156 e. The van der Waals surface area contributed by atoms with Crippen LogP contribution in [0.2, 0.25) is 0 Å². The van der Waals surface area contributed by atoms with Crippen molar-refractivity contribution >= 4 is 16.7 Å². The standard InChI is InChI=1S/C14H22N4O/c1-3-18(4-2)9-5-6-10-7-8-11-12(13(10)19)14(15)17-16-11/h7-8,19H,3-6,9H2,1-2H3,(H3,15,16,17). The molecule has 0 spiro atoms. The molecule has 5 nitrogen and oxygen atoms in total. The van der Waals surface area contributed by atoms with E-state index in [4.69, 9.17) is 5.73 Å². The molecule has 0 amide bonds. The molecule has 2 rings (SSSR count). The fourth-order valence-corrected chi connectivity index (χ4v) is 2.40. The van der Waals surface area contributed by atoms with E-state index in [1.807, 2.05) is 12.1 Å². The van der Waals surface area contributed by atoms with Crippen LogP contribution in [0.5, 0.6) is 5.75 Å². The second-order valence-electron chi connectivity index (χ2n) is 4.74. The Balaban J connectivity index is 2.08. The van der Waals surface area contributed by atoms with Crippen LogP contribution in [0, 0.1) is 0 Å². The summed E-state index contributed by atoms with van der Waals surface area (Å²) in [5.74, 6) is 0.626. The van der Waals surface area contributed by atoms with Crippen LogP contribution in [0.3, 0.4) is 0 Å². The lowest BCUT2D eigenvalue weighted by Crippen LogP contribution is -2.24. The number of nitrogens with zero attached hydrogens (tertiary/aromatic N) is 2. The van der Waals surface area contributed by atoms with E-state index in [0.29, 0.717) is 11.2 Å². The monoisotopic (exact) mass is 262 g/mol. The van der Waals surface area contributed by atoms with Crippen LogP contribution < -0.4 is 5.73 Å². The average molecular weight is 262 g/mol. The number of aromatic nitrogens is 2. The molecule has 1 aromatic carbocycles. The van der Waals surface area contributed by atoms with E-state index in [2.05, 4.69) is 28.9 Å². The number of aromatic hydroxyl groups is 1. The Labute approximate surface area is 113 Å². The first-order chi connectivity index (χ1) is 9.17. The van der Waals surface area contributed by atoms with Gasteiger partial charge in [0, 0.05) is 0 Å². The van der Waals surface area contributed by atoms with E-state index < -0.39 is 0 Å². The Kier molecular flexibility index (Phi) is 4.27. The highest BCUT2D eigenvalue weighted by Gasteiger charge is 2.11. The minimum Gasteiger partial charge on any atom is -0.507 e. The number of aryl methyl sites for hydroxylation is 1. The van der Waals surface area contributed by atoms with Crippen molar-refractivity contribution in [1.82, 2.24) is 15.1 Å². The molecule has 4 N–H and O–H groups in total. The summed E-state index contributed by atoms with van der Waals surface area (Å²) >= 11 is 0. The number of hydrogen-bond acceptors (Lipinski definition) is 4. The van der Waals surface area contributed by atoms with Gasteiger partial charge in [-0.2, -0.15) is 5.10 Å². The fraction of sp³-hybridized carbons (Fsp3) is 0.500. The lowest BCUT2D eigenvalue weighted by Gasteiger charge is -2.17. The van der Waals surface area contributed by atoms with Crippen LogP contribution in [0.15, 0.2) is 12.1 Å². The fourth-order valence-electron chi connectivity index (χ4n) is 2.40. The third-order valence-corrected chi connectivity index (χ3v) is 3.63. The molecule has 0 aliphatic carbocycles. The molecule has 0 radical (unpaired) electrons. The molecule has 5 heteroatoms. The maximum atomic E-state index is 10.2. The second-order valence-corrected chi connectivity index (χ2v) is 4.74. The molecule has 104 valence electrons. The summed E-state index contributed by atoms with van der Waals surface area (Å²) in [6.07, 6.45) is 1.88. The predicted molar refractivity (Wildman–Crippen MR) is 78.3 cm³/mol. The van der Waals surface area contributed by atoms with Gasteiger partial charge < -0.3 is 15.7 Å². The molecule has 2 aromatic rings. The van der Waals surface area contributed by atoms with Gasteiger partial charge in [0.15, 0.2) is 5.82 Å². The van der Waals surface area contributed by atoms with Gasteiger partial charge in [-0.05, 0) is 44.1 Å². The summed E-state index contributed by atoms with van der Waals surface area (Å²) in [5, 5.41) is 17.6. The third kappa shape index (κ3) is 2.81. The van der Waals surface area contributed by atoms with Crippen LogP contribution in [-0.2, 0) is 6.42 Å². The number of benzene rings is 1. The summed E-state index contributed by atoms with van der Waals surface area (Å²) in [7, 11) is 0. The second kappa shape index (κ2) is 5.93. The Hall–Kier alpha value is -1.75. The Morgan fingerprint density at radius 2 is 2.05 bits per heavy atom. The SMILES string of the molecule is CCN(CC)CCCc1ccc2[nH]nc(N)c2c1O. The number of phenols is 1. The molecule has 0 aliphatic rings. The quantitative estimate of drug-likeness (QED) is 0.745. The number of nitrogen functional groups attached to an aromatic ring is 1. The van der Waals surface area contributed by atoms with Crippen molar-refractivity contribution < 1.29 is 5.11 Å². The van der Waals surface area contributed by atoms with E-state index in [1.54, 1.807) is 0 Å². The maximum Gasteiger partial charge on any atom is 0.156 e. The van der Waals surface area contributed by atoms with Gasteiger partial charge >= 0.3 is 0 Å². The summed E-state index contributed by atoms with van der Waals surface area (Å²) in [4.78, 5) is 2.38.